The Morgan fingerprint density at radius 1 is 1.20 bits per heavy atom. The van der Waals surface area contributed by atoms with Crippen LogP contribution in [-0.2, 0) is 11.3 Å². The van der Waals surface area contributed by atoms with Crippen molar-refractivity contribution in [3.8, 4) is 11.6 Å². The fraction of sp³-hybridized carbons (Fsp3) is 0.0952. The predicted octanol–water partition coefficient (Wildman–Crippen LogP) is 5.91. The van der Waals surface area contributed by atoms with Gasteiger partial charge < -0.3 is 9.73 Å². The second kappa shape index (κ2) is 8.95. The summed E-state index contributed by atoms with van der Waals surface area (Å²) in [5, 5.41) is 13.7. The molecule has 2 aromatic carbocycles. The highest BCUT2D eigenvalue weighted by atomic mass is 35.5. The number of nitrogens with zero attached hydrogens (tertiary/aromatic N) is 3. The molecule has 4 rings (SSSR count). The molecule has 1 amide bonds. The van der Waals surface area contributed by atoms with Crippen molar-refractivity contribution < 1.29 is 9.21 Å². The molecule has 0 unspecified atom stereocenters. The topological polar surface area (TPSA) is 73.0 Å². The first kappa shape index (κ1) is 20.5. The number of halogens is 2. The van der Waals surface area contributed by atoms with Gasteiger partial charge in [-0.1, -0.05) is 59.2 Å². The van der Waals surface area contributed by atoms with Gasteiger partial charge in [-0.05, 0) is 30.3 Å². The Morgan fingerprint density at radius 2 is 2.03 bits per heavy atom. The van der Waals surface area contributed by atoms with E-state index in [-0.39, 0.29) is 11.7 Å². The number of fused-ring (bicyclic) bond motifs is 1. The Labute approximate surface area is 186 Å². The Morgan fingerprint density at radius 3 is 2.80 bits per heavy atom. The zero-order chi connectivity index (χ0) is 21.1. The summed E-state index contributed by atoms with van der Waals surface area (Å²) in [7, 11) is 0. The van der Waals surface area contributed by atoms with Crippen molar-refractivity contribution in [1.29, 1.82) is 0 Å². The summed E-state index contributed by atoms with van der Waals surface area (Å²) in [6.07, 6.45) is 1.74. The lowest BCUT2D eigenvalue weighted by Gasteiger charge is -2.08. The van der Waals surface area contributed by atoms with E-state index in [1.54, 1.807) is 24.3 Å². The van der Waals surface area contributed by atoms with Gasteiger partial charge in [0.05, 0.1) is 16.5 Å². The number of anilines is 1. The molecule has 0 bridgehead atoms. The molecule has 30 heavy (non-hydrogen) atoms. The molecule has 0 atom stereocenters. The monoisotopic (exact) mass is 458 g/mol. The first-order valence-electron chi connectivity index (χ1n) is 8.96. The number of nitrogens with one attached hydrogen (secondary N) is 1. The average molecular weight is 459 g/mol. The van der Waals surface area contributed by atoms with Crippen LogP contribution in [0.25, 0.3) is 22.6 Å². The second-order valence-electron chi connectivity index (χ2n) is 6.31. The van der Waals surface area contributed by atoms with E-state index in [0.717, 1.165) is 11.0 Å². The molecule has 0 radical (unpaired) electrons. The van der Waals surface area contributed by atoms with Gasteiger partial charge in [0.2, 0.25) is 11.7 Å². The van der Waals surface area contributed by atoms with Crippen molar-refractivity contribution in [1.82, 2.24) is 14.8 Å². The van der Waals surface area contributed by atoms with Gasteiger partial charge in [0.1, 0.15) is 5.58 Å². The van der Waals surface area contributed by atoms with E-state index in [4.69, 9.17) is 27.6 Å². The van der Waals surface area contributed by atoms with Crippen LogP contribution in [0, 0.1) is 0 Å². The van der Waals surface area contributed by atoms with Crippen molar-refractivity contribution in [3.63, 3.8) is 0 Å². The third kappa shape index (κ3) is 4.38. The van der Waals surface area contributed by atoms with Gasteiger partial charge in [0.15, 0.2) is 10.9 Å². The number of amides is 1. The summed E-state index contributed by atoms with van der Waals surface area (Å²) in [5.41, 5.74) is 1.27. The highest BCUT2D eigenvalue weighted by molar-refractivity contribution is 7.99. The van der Waals surface area contributed by atoms with Gasteiger partial charge in [-0.2, -0.15) is 0 Å². The van der Waals surface area contributed by atoms with E-state index < -0.39 is 0 Å². The molecular formula is C21H16Cl2N4O2S. The Kier molecular flexibility index (Phi) is 6.13. The van der Waals surface area contributed by atoms with Crippen LogP contribution in [0.1, 0.15) is 0 Å². The van der Waals surface area contributed by atoms with E-state index in [9.17, 15) is 4.79 Å². The second-order valence-corrected chi connectivity index (χ2v) is 8.10. The molecule has 4 aromatic rings. The van der Waals surface area contributed by atoms with Crippen LogP contribution in [0.2, 0.25) is 10.0 Å². The highest BCUT2D eigenvalue weighted by Crippen LogP contribution is 2.30. The summed E-state index contributed by atoms with van der Waals surface area (Å²) in [4.78, 5) is 12.4. The lowest BCUT2D eigenvalue weighted by molar-refractivity contribution is -0.113. The van der Waals surface area contributed by atoms with Crippen LogP contribution in [-0.4, -0.2) is 26.4 Å². The molecule has 6 nitrogen and oxygen atoms in total. The minimum atomic E-state index is -0.220. The van der Waals surface area contributed by atoms with Crippen molar-refractivity contribution >= 4 is 57.5 Å². The van der Waals surface area contributed by atoms with Crippen molar-refractivity contribution in [2.45, 2.75) is 11.7 Å². The van der Waals surface area contributed by atoms with E-state index >= 15 is 0 Å². The smallest absolute Gasteiger partial charge is 0.234 e. The molecule has 0 fully saturated rings. The number of hydrogen-bond acceptors (Lipinski definition) is 5. The van der Waals surface area contributed by atoms with Gasteiger partial charge >= 0.3 is 0 Å². The van der Waals surface area contributed by atoms with Crippen LogP contribution in [0.3, 0.4) is 0 Å². The number of hydrogen-bond donors (Lipinski definition) is 1. The summed E-state index contributed by atoms with van der Waals surface area (Å²) in [5.74, 6) is 1.10. The third-order valence-electron chi connectivity index (χ3n) is 4.21. The largest absolute Gasteiger partial charge is 0.453 e. The number of furan rings is 1. The number of allylic oxidation sites excluding steroid dienone is 1. The predicted molar refractivity (Wildman–Crippen MR) is 121 cm³/mol. The first-order chi connectivity index (χ1) is 14.5. The van der Waals surface area contributed by atoms with E-state index in [1.807, 2.05) is 34.9 Å². The Bertz CT molecular complexity index is 1200. The first-order valence-corrected chi connectivity index (χ1v) is 10.7. The van der Waals surface area contributed by atoms with Crippen LogP contribution < -0.4 is 5.32 Å². The Hall–Kier alpha value is -2.74. The van der Waals surface area contributed by atoms with Gasteiger partial charge in [0, 0.05) is 17.0 Å². The maximum atomic E-state index is 12.4. The third-order valence-corrected chi connectivity index (χ3v) is 5.73. The standard InChI is InChI=1S/C21H16Cl2N4O2S/c1-2-9-27-20(18-10-13-5-3-4-6-17(13)29-18)25-26-21(27)30-12-19(28)24-16-8-7-14(22)11-15(16)23/h2-8,10-11H,1,9,12H2,(H,24,28). The quantitative estimate of drug-likeness (QED) is 0.275. The number of carbonyl (C=O) groups excluding carboxylic acids is 1. The normalized spacial score (nSPS) is 11.0. The van der Waals surface area contributed by atoms with Gasteiger partial charge in [-0.15, -0.1) is 16.8 Å². The lowest BCUT2D eigenvalue weighted by Crippen LogP contribution is -2.15. The van der Waals surface area contributed by atoms with Crippen molar-refractivity contribution in [2.24, 2.45) is 0 Å². The van der Waals surface area contributed by atoms with Gasteiger partial charge in [0.25, 0.3) is 0 Å². The molecule has 0 spiro atoms. The van der Waals surface area contributed by atoms with Crippen LogP contribution >= 0.6 is 35.0 Å². The minimum Gasteiger partial charge on any atom is -0.453 e. The van der Waals surface area contributed by atoms with E-state index in [0.29, 0.717) is 39.0 Å². The molecule has 9 heteroatoms. The van der Waals surface area contributed by atoms with Crippen molar-refractivity contribution in [3.05, 3.63) is 71.2 Å². The molecule has 2 heterocycles. The minimum absolute atomic E-state index is 0.133. The number of carbonyl (C=O) groups is 1. The number of aromatic nitrogens is 3. The van der Waals surface area contributed by atoms with Crippen LogP contribution in [0.15, 0.2) is 70.8 Å². The SMILES string of the molecule is C=CCn1c(SCC(=O)Nc2ccc(Cl)cc2Cl)nnc1-c1cc2ccccc2o1. The molecule has 152 valence electrons. The number of para-hydroxylation sites is 1. The fourth-order valence-electron chi connectivity index (χ4n) is 2.87. The number of benzene rings is 2. The lowest BCUT2D eigenvalue weighted by atomic mass is 10.2. The molecule has 0 aliphatic rings. The summed E-state index contributed by atoms with van der Waals surface area (Å²) in [6.45, 7) is 4.28. The molecular weight excluding hydrogens is 443 g/mol. The summed E-state index contributed by atoms with van der Waals surface area (Å²) < 4.78 is 7.77. The maximum absolute atomic E-state index is 12.4. The van der Waals surface area contributed by atoms with E-state index in [2.05, 4.69) is 22.1 Å². The number of thioether (sulfide) groups is 1. The summed E-state index contributed by atoms with van der Waals surface area (Å²) >= 11 is 13.3. The molecule has 0 aliphatic carbocycles. The maximum Gasteiger partial charge on any atom is 0.234 e. The Balaban J connectivity index is 1.51. The van der Waals surface area contributed by atoms with E-state index in [1.165, 1.54) is 11.8 Å². The van der Waals surface area contributed by atoms with Crippen LogP contribution in [0.4, 0.5) is 5.69 Å². The molecule has 0 saturated heterocycles. The van der Waals surface area contributed by atoms with Gasteiger partial charge in [-0.25, -0.2) is 0 Å². The molecule has 2 aromatic heterocycles. The molecule has 0 saturated carbocycles. The zero-order valence-electron chi connectivity index (χ0n) is 15.6. The summed E-state index contributed by atoms with van der Waals surface area (Å²) in [6, 6.07) is 14.5. The average Bonchev–Trinajstić information content (AvgIpc) is 3.32. The van der Waals surface area contributed by atoms with Crippen molar-refractivity contribution in [2.75, 3.05) is 11.1 Å². The molecule has 1 N–H and O–H groups in total. The highest BCUT2D eigenvalue weighted by Gasteiger charge is 2.18. The fourth-order valence-corrected chi connectivity index (χ4v) is 4.07. The van der Waals surface area contributed by atoms with Crippen LogP contribution in [0.5, 0.6) is 0 Å². The van der Waals surface area contributed by atoms with Gasteiger partial charge in [-0.3, -0.25) is 9.36 Å². The zero-order valence-corrected chi connectivity index (χ0v) is 18.0. The number of rotatable bonds is 7. The molecule has 0 aliphatic heterocycles.